The minimum atomic E-state index is -3.96. The number of hydrogen-bond donors (Lipinski definition) is 1. The van der Waals surface area contributed by atoms with Crippen LogP contribution in [0.1, 0.15) is 9.67 Å². The molecule has 2 aromatic carbocycles. The van der Waals surface area contributed by atoms with Crippen molar-refractivity contribution >= 4 is 54.9 Å². The van der Waals surface area contributed by atoms with Gasteiger partial charge in [-0.1, -0.05) is 24.3 Å². The van der Waals surface area contributed by atoms with Gasteiger partial charge in [0.25, 0.3) is 10.0 Å². The maximum atomic E-state index is 13.0. The van der Waals surface area contributed by atoms with E-state index in [9.17, 15) is 13.2 Å². The van der Waals surface area contributed by atoms with Crippen LogP contribution in [0.4, 0.5) is 5.69 Å². The zero-order chi connectivity index (χ0) is 18.0. The summed E-state index contributed by atoms with van der Waals surface area (Å²) in [5, 5.41) is 0.501. The molecule has 0 bridgehead atoms. The van der Waals surface area contributed by atoms with E-state index >= 15 is 0 Å². The van der Waals surface area contributed by atoms with E-state index in [0.29, 0.717) is 15.8 Å². The largest absolute Gasteiger partial charge is 0.465 e. The number of fused-ring (bicyclic) bond motifs is 1. The molecule has 3 rings (SSSR count). The van der Waals surface area contributed by atoms with Crippen LogP contribution in [-0.2, 0) is 14.8 Å². The van der Waals surface area contributed by atoms with E-state index in [4.69, 9.17) is 4.74 Å². The quantitative estimate of drug-likeness (QED) is 0.519. The average molecular weight is 394 g/mol. The number of carbonyl (C=O) groups is 1. The Hall–Kier alpha value is -2.03. The molecule has 0 unspecified atom stereocenters. The van der Waals surface area contributed by atoms with Crippen LogP contribution in [0.3, 0.4) is 0 Å². The maximum absolute atomic E-state index is 13.0. The minimum absolute atomic E-state index is 0.0468. The lowest BCUT2D eigenvalue weighted by molar-refractivity contribution is 0.0602. The number of hydrogen-bond acceptors (Lipinski definition) is 6. The highest BCUT2D eigenvalue weighted by Crippen LogP contribution is 2.36. The number of benzene rings is 2. The molecule has 0 fully saturated rings. The van der Waals surface area contributed by atoms with Gasteiger partial charge in [0.15, 0.2) is 0 Å². The number of thioether (sulfide) groups is 1. The van der Waals surface area contributed by atoms with Crippen LogP contribution in [0, 0.1) is 0 Å². The summed E-state index contributed by atoms with van der Waals surface area (Å²) < 4.78 is 34.0. The number of methoxy groups -OCH3 is 1. The smallest absolute Gasteiger partial charge is 0.349 e. The Morgan fingerprint density at radius 2 is 1.92 bits per heavy atom. The lowest BCUT2D eigenvalue weighted by atomic mass is 10.2. The molecule has 0 saturated heterocycles. The SMILES string of the molecule is COC(=O)c1sc2ccccc2c1S(=O)(=O)Nc1cccc(SC)c1. The first-order valence-corrected chi connectivity index (χ1v) is 10.8. The summed E-state index contributed by atoms with van der Waals surface area (Å²) in [6.07, 6.45) is 1.91. The first-order valence-electron chi connectivity index (χ1n) is 7.23. The lowest BCUT2D eigenvalue weighted by Gasteiger charge is -2.10. The Morgan fingerprint density at radius 1 is 1.16 bits per heavy atom. The summed E-state index contributed by atoms with van der Waals surface area (Å²) in [6, 6.07) is 14.1. The zero-order valence-corrected chi connectivity index (χ0v) is 15.9. The van der Waals surface area contributed by atoms with Crippen LogP contribution in [0.25, 0.3) is 10.1 Å². The fraction of sp³-hybridized carbons (Fsp3) is 0.118. The molecule has 8 heteroatoms. The van der Waals surface area contributed by atoms with E-state index in [1.165, 1.54) is 18.9 Å². The summed E-state index contributed by atoms with van der Waals surface area (Å²) in [4.78, 5) is 13.1. The van der Waals surface area contributed by atoms with Crippen molar-refractivity contribution in [2.75, 3.05) is 18.1 Å². The number of anilines is 1. The van der Waals surface area contributed by atoms with Gasteiger partial charge in [-0.3, -0.25) is 4.72 Å². The fourth-order valence-electron chi connectivity index (χ4n) is 2.41. The van der Waals surface area contributed by atoms with Gasteiger partial charge in [0.1, 0.15) is 9.77 Å². The highest BCUT2D eigenvalue weighted by molar-refractivity contribution is 7.98. The number of esters is 1. The van der Waals surface area contributed by atoms with Gasteiger partial charge in [-0.2, -0.15) is 0 Å². The van der Waals surface area contributed by atoms with Gasteiger partial charge in [0, 0.05) is 20.7 Å². The highest BCUT2D eigenvalue weighted by Gasteiger charge is 2.29. The molecule has 25 heavy (non-hydrogen) atoms. The van der Waals surface area contributed by atoms with Gasteiger partial charge >= 0.3 is 5.97 Å². The molecule has 3 aromatic rings. The van der Waals surface area contributed by atoms with Crippen molar-refractivity contribution in [3.05, 3.63) is 53.4 Å². The fourth-order valence-corrected chi connectivity index (χ4v) is 5.74. The van der Waals surface area contributed by atoms with E-state index in [2.05, 4.69) is 4.72 Å². The third-order valence-corrected chi connectivity index (χ3v) is 6.98. The van der Waals surface area contributed by atoms with Crippen molar-refractivity contribution in [3.8, 4) is 0 Å². The monoisotopic (exact) mass is 393 g/mol. The van der Waals surface area contributed by atoms with Crippen LogP contribution in [0.2, 0.25) is 0 Å². The molecule has 0 aliphatic carbocycles. The van der Waals surface area contributed by atoms with Crippen molar-refractivity contribution in [2.45, 2.75) is 9.79 Å². The zero-order valence-electron chi connectivity index (χ0n) is 13.5. The molecular weight excluding hydrogens is 378 g/mol. The molecule has 0 aliphatic heterocycles. The summed E-state index contributed by atoms with van der Waals surface area (Å²) in [5.74, 6) is -0.667. The Balaban J connectivity index is 2.14. The van der Waals surface area contributed by atoms with Gasteiger partial charge in [0.2, 0.25) is 0 Å². The van der Waals surface area contributed by atoms with Crippen LogP contribution in [-0.4, -0.2) is 27.8 Å². The van der Waals surface area contributed by atoms with E-state index in [1.807, 2.05) is 12.3 Å². The van der Waals surface area contributed by atoms with Crippen LogP contribution >= 0.6 is 23.1 Å². The van der Waals surface area contributed by atoms with Crippen molar-refractivity contribution in [2.24, 2.45) is 0 Å². The second-order valence-electron chi connectivity index (χ2n) is 5.09. The molecule has 0 saturated carbocycles. The number of sulfonamides is 1. The standard InChI is InChI=1S/C17H15NO4S3/c1-22-17(19)15-16(13-8-3-4-9-14(13)24-15)25(20,21)18-11-6-5-7-12(10-11)23-2/h3-10,18H,1-2H3. The van der Waals surface area contributed by atoms with Crippen LogP contribution in [0.15, 0.2) is 58.3 Å². The topological polar surface area (TPSA) is 72.5 Å². The van der Waals surface area contributed by atoms with E-state index in [-0.39, 0.29) is 9.77 Å². The Morgan fingerprint density at radius 3 is 2.64 bits per heavy atom. The molecule has 1 aromatic heterocycles. The summed E-state index contributed by atoms with van der Waals surface area (Å²) >= 11 is 2.62. The molecule has 0 radical (unpaired) electrons. The molecule has 0 spiro atoms. The van der Waals surface area contributed by atoms with Crippen molar-refractivity contribution in [1.29, 1.82) is 0 Å². The molecule has 0 amide bonds. The molecular formula is C17H15NO4S3. The number of nitrogens with one attached hydrogen (secondary N) is 1. The number of thiophene rings is 1. The highest BCUT2D eigenvalue weighted by atomic mass is 32.2. The van der Waals surface area contributed by atoms with Crippen LogP contribution < -0.4 is 4.72 Å². The number of ether oxygens (including phenoxy) is 1. The van der Waals surface area contributed by atoms with Crippen molar-refractivity contribution in [3.63, 3.8) is 0 Å². The second kappa shape index (κ2) is 7.07. The van der Waals surface area contributed by atoms with E-state index in [1.54, 1.807) is 42.5 Å². The normalized spacial score (nSPS) is 11.4. The molecule has 1 N–H and O–H groups in total. The predicted octanol–water partition coefficient (Wildman–Crippen LogP) is 4.21. The van der Waals surface area contributed by atoms with Crippen LogP contribution in [0.5, 0.6) is 0 Å². The van der Waals surface area contributed by atoms with Crippen molar-refractivity contribution < 1.29 is 17.9 Å². The third-order valence-electron chi connectivity index (χ3n) is 3.51. The molecule has 0 aliphatic rings. The minimum Gasteiger partial charge on any atom is -0.465 e. The van der Waals surface area contributed by atoms with Gasteiger partial charge in [0.05, 0.1) is 7.11 Å². The summed E-state index contributed by atoms with van der Waals surface area (Å²) in [7, 11) is -2.72. The lowest BCUT2D eigenvalue weighted by Crippen LogP contribution is -2.16. The number of rotatable bonds is 5. The van der Waals surface area contributed by atoms with Gasteiger partial charge in [-0.05, 0) is 30.5 Å². The van der Waals surface area contributed by atoms with Gasteiger partial charge in [-0.25, -0.2) is 13.2 Å². The maximum Gasteiger partial charge on any atom is 0.349 e. The first-order chi connectivity index (χ1) is 12.0. The third kappa shape index (κ3) is 3.51. The van der Waals surface area contributed by atoms with E-state index < -0.39 is 16.0 Å². The summed E-state index contributed by atoms with van der Waals surface area (Å²) in [6.45, 7) is 0. The molecule has 130 valence electrons. The second-order valence-corrected chi connectivity index (χ2v) is 8.64. The summed E-state index contributed by atoms with van der Waals surface area (Å²) in [5.41, 5.74) is 0.443. The number of carbonyl (C=O) groups excluding carboxylic acids is 1. The first kappa shape index (κ1) is 17.8. The Labute approximate surface area is 154 Å². The van der Waals surface area contributed by atoms with E-state index in [0.717, 1.165) is 16.2 Å². The van der Waals surface area contributed by atoms with Crippen molar-refractivity contribution in [1.82, 2.24) is 0 Å². The van der Waals surface area contributed by atoms with Gasteiger partial charge < -0.3 is 4.74 Å². The Kier molecular flexibility index (Phi) is 5.03. The molecule has 5 nitrogen and oxygen atoms in total. The predicted molar refractivity (Wildman–Crippen MR) is 102 cm³/mol. The molecule has 0 atom stereocenters. The Bertz CT molecular complexity index is 1040. The average Bonchev–Trinajstić information content (AvgIpc) is 3.01. The molecule has 1 heterocycles. The van der Waals surface area contributed by atoms with Gasteiger partial charge in [-0.15, -0.1) is 23.1 Å².